The molecular weight excluding hydrogens is 407 g/mol. The van der Waals surface area contributed by atoms with Crippen LogP contribution < -0.4 is 10.2 Å². The van der Waals surface area contributed by atoms with Crippen LogP contribution in [0.4, 0.5) is 10.1 Å². The molecule has 4 rings (SSSR count). The normalized spacial score (nSPS) is 14.5. The van der Waals surface area contributed by atoms with E-state index in [2.05, 4.69) is 12.2 Å². The maximum absolute atomic E-state index is 13.9. The number of nitrogens with one attached hydrogen (secondary N) is 1. The second-order valence-electron chi connectivity index (χ2n) is 7.73. The Morgan fingerprint density at radius 1 is 0.938 bits per heavy atom. The number of nitrogens with zero attached hydrogens (tertiary/aromatic N) is 1. The molecule has 3 amide bonds. The topological polar surface area (TPSA) is 66.5 Å². The van der Waals surface area contributed by atoms with E-state index in [1.54, 1.807) is 36.4 Å². The minimum absolute atomic E-state index is 0.202. The van der Waals surface area contributed by atoms with Crippen molar-refractivity contribution in [2.45, 2.75) is 32.2 Å². The molecule has 32 heavy (non-hydrogen) atoms. The van der Waals surface area contributed by atoms with Gasteiger partial charge >= 0.3 is 0 Å². The fourth-order valence-electron chi connectivity index (χ4n) is 3.83. The first-order valence-corrected chi connectivity index (χ1v) is 10.6. The molecule has 0 aromatic heterocycles. The van der Waals surface area contributed by atoms with E-state index in [1.807, 2.05) is 24.3 Å². The second kappa shape index (κ2) is 9.14. The quantitative estimate of drug-likeness (QED) is 0.583. The molecule has 3 aromatic carbocycles. The first kappa shape index (κ1) is 21.4. The summed E-state index contributed by atoms with van der Waals surface area (Å²) in [6, 6.07) is 19.8. The van der Waals surface area contributed by atoms with E-state index in [0.29, 0.717) is 16.8 Å². The van der Waals surface area contributed by atoms with Gasteiger partial charge in [0.05, 0.1) is 11.7 Å². The van der Waals surface area contributed by atoms with E-state index in [4.69, 9.17) is 0 Å². The average molecular weight is 430 g/mol. The molecule has 1 N–H and O–H groups in total. The first-order valence-electron chi connectivity index (χ1n) is 10.6. The largest absolute Gasteiger partial charge is 0.341 e. The van der Waals surface area contributed by atoms with Crippen molar-refractivity contribution in [3.05, 3.63) is 101 Å². The molecule has 1 heterocycles. The average Bonchev–Trinajstić information content (AvgIpc) is 3.15. The van der Waals surface area contributed by atoms with Crippen LogP contribution in [0.2, 0.25) is 0 Å². The van der Waals surface area contributed by atoms with E-state index >= 15 is 0 Å². The highest BCUT2D eigenvalue weighted by Crippen LogP contribution is 2.26. The number of carbonyl (C=O) groups is 3. The number of hydrogen-bond donors (Lipinski definition) is 1. The van der Waals surface area contributed by atoms with Gasteiger partial charge < -0.3 is 5.32 Å². The maximum Gasteiger partial charge on any atom is 0.252 e. The molecule has 0 bridgehead atoms. The van der Waals surface area contributed by atoms with E-state index in [1.165, 1.54) is 17.7 Å². The lowest BCUT2D eigenvalue weighted by Gasteiger charge is -2.21. The van der Waals surface area contributed by atoms with Gasteiger partial charge in [0.25, 0.3) is 5.91 Å². The van der Waals surface area contributed by atoms with Gasteiger partial charge in [-0.1, -0.05) is 43.3 Å². The molecule has 0 aliphatic carbocycles. The molecule has 1 fully saturated rings. The van der Waals surface area contributed by atoms with E-state index < -0.39 is 6.04 Å². The monoisotopic (exact) mass is 430 g/mol. The van der Waals surface area contributed by atoms with Crippen LogP contribution in [0.1, 0.15) is 52.9 Å². The summed E-state index contributed by atoms with van der Waals surface area (Å²) in [6.45, 7) is 2.06. The van der Waals surface area contributed by atoms with Crippen molar-refractivity contribution in [2.24, 2.45) is 0 Å². The summed E-state index contributed by atoms with van der Waals surface area (Å²) < 4.78 is 13.9. The molecule has 0 spiro atoms. The Kier molecular flexibility index (Phi) is 6.12. The summed E-state index contributed by atoms with van der Waals surface area (Å²) in [4.78, 5) is 38.0. The Labute approximate surface area is 185 Å². The highest BCUT2D eigenvalue weighted by atomic mass is 19.1. The molecule has 3 aromatic rings. The third-order valence-electron chi connectivity index (χ3n) is 5.62. The van der Waals surface area contributed by atoms with E-state index in [-0.39, 0.29) is 36.4 Å². The Balaban J connectivity index is 1.59. The molecule has 162 valence electrons. The van der Waals surface area contributed by atoms with Crippen molar-refractivity contribution in [1.82, 2.24) is 5.32 Å². The van der Waals surface area contributed by atoms with Crippen LogP contribution in [-0.2, 0) is 16.0 Å². The number of rotatable bonds is 6. The van der Waals surface area contributed by atoms with Gasteiger partial charge in [0, 0.05) is 18.4 Å². The van der Waals surface area contributed by atoms with Gasteiger partial charge in [0.15, 0.2) is 0 Å². The number of imide groups is 1. The molecule has 5 nitrogen and oxygen atoms in total. The summed E-state index contributed by atoms with van der Waals surface area (Å²) in [5.41, 5.74) is 3.46. The van der Waals surface area contributed by atoms with Crippen LogP contribution in [0.5, 0.6) is 0 Å². The van der Waals surface area contributed by atoms with Gasteiger partial charge in [-0.15, -0.1) is 0 Å². The standard InChI is InChI=1S/C26H23FN2O3/c1-2-17-6-8-18(9-7-17)25(20-4-3-5-21(27)16-20)28-26(32)19-10-12-22(13-11-19)29-23(30)14-15-24(29)31/h3-13,16,25H,2,14-15H2,1H3,(H,28,32). The first-order chi connectivity index (χ1) is 15.5. The Hall–Kier alpha value is -3.80. The Morgan fingerprint density at radius 3 is 2.19 bits per heavy atom. The van der Waals surface area contributed by atoms with Crippen LogP contribution in [0.3, 0.4) is 0 Å². The number of halogens is 1. The maximum atomic E-state index is 13.9. The van der Waals surface area contributed by atoms with Crippen LogP contribution in [0.15, 0.2) is 72.8 Å². The highest BCUT2D eigenvalue weighted by Gasteiger charge is 2.30. The van der Waals surface area contributed by atoms with Gasteiger partial charge in [0.2, 0.25) is 11.8 Å². The van der Waals surface area contributed by atoms with Crippen LogP contribution in [0, 0.1) is 5.82 Å². The van der Waals surface area contributed by atoms with Crippen molar-refractivity contribution >= 4 is 23.4 Å². The molecule has 6 heteroatoms. The lowest BCUT2D eigenvalue weighted by Crippen LogP contribution is -2.30. The van der Waals surface area contributed by atoms with Crippen molar-refractivity contribution < 1.29 is 18.8 Å². The minimum Gasteiger partial charge on any atom is -0.341 e. The van der Waals surface area contributed by atoms with Gasteiger partial charge in [-0.05, 0) is 59.5 Å². The predicted octanol–water partition coefficient (Wildman–Crippen LogP) is 4.56. The molecular formula is C26H23FN2O3. The van der Waals surface area contributed by atoms with Gasteiger partial charge in [-0.3, -0.25) is 19.3 Å². The number of amides is 3. The fourth-order valence-corrected chi connectivity index (χ4v) is 3.83. The Morgan fingerprint density at radius 2 is 1.59 bits per heavy atom. The van der Waals surface area contributed by atoms with Gasteiger partial charge in [0.1, 0.15) is 5.82 Å². The molecule has 0 radical (unpaired) electrons. The molecule has 1 aliphatic heterocycles. The zero-order valence-electron chi connectivity index (χ0n) is 17.7. The van der Waals surface area contributed by atoms with Gasteiger partial charge in [-0.2, -0.15) is 0 Å². The highest BCUT2D eigenvalue weighted by molar-refractivity contribution is 6.19. The Bertz CT molecular complexity index is 1140. The predicted molar refractivity (Wildman–Crippen MR) is 120 cm³/mol. The lowest BCUT2D eigenvalue weighted by molar-refractivity contribution is -0.121. The third kappa shape index (κ3) is 4.44. The van der Waals surface area contributed by atoms with E-state index in [9.17, 15) is 18.8 Å². The summed E-state index contributed by atoms with van der Waals surface area (Å²) in [5.74, 6) is -1.21. The number of aryl methyl sites for hydroxylation is 1. The summed E-state index contributed by atoms with van der Waals surface area (Å²) in [6.07, 6.45) is 1.30. The van der Waals surface area contributed by atoms with Gasteiger partial charge in [-0.25, -0.2) is 4.39 Å². The number of carbonyl (C=O) groups excluding carboxylic acids is 3. The van der Waals surface area contributed by atoms with Crippen LogP contribution in [-0.4, -0.2) is 17.7 Å². The third-order valence-corrected chi connectivity index (χ3v) is 5.62. The fraction of sp³-hybridized carbons (Fsp3) is 0.192. The molecule has 1 aliphatic rings. The number of anilines is 1. The molecule has 1 atom stereocenters. The summed E-state index contributed by atoms with van der Waals surface area (Å²) >= 11 is 0. The smallest absolute Gasteiger partial charge is 0.252 e. The summed E-state index contributed by atoms with van der Waals surface area (Å²) in [5, 5.41) is 2.98. The van der Waals surface area contributed by atoms with Crippen LogP contribution >= 0.6 is 0 Å². The van der Waals surface area contributed by atoms with Crippen molar-refractivity contribution in [1.29, 1.82) is 0 Å². The zero-order valence-corrected chi connectivity index (χ0v) is 17.7. The van der Waals surface area contributed by atoms with Crippen molar-refractivity contribution in [2.75, 3.05) is 4.90 Å². The lowest BCUT2D eigenvalue weighted by atomic mass is 9.96. The molecule has 1 unspecified atom stereocenters. The molecule has 0 saturated carbocycles. The van der Waals surface area contributed by atoms with Crippen LogP contribution in [0.25, 0.3) is 0 Å². The van der Waals surface area contributed by atoms with Crippen molar-refractivity contribution in [3.63, 3.8) is 0 Å². The number of benzene rings is 3. The SMILES string of the molecule is CCc1ccc(C(NC(=O)c2ccc(N3C(=O)CCC3=O)cc2)c2cccc(F)c2)cc1. The molecule has 1 saturated heterocycles. The number of hydrogen-bond acceptors (Lipinski definition) is 3. The minimum atomic E-state index is -0.537. The second-order valence-corrected chi connectivity index (χ2v) is 7.73. The van der Waals surface area contributed by atoms with Crippen molar-refractivity contribution in [3.8, 4) is 0 Å². The summed E-state index contributed by atoms with van der Waals surface area (Å²) in [7, 11) is 0. The zero-order chi connectivity index (χ0) is 22.7. The van der Waals surface area contributed by atoms with E-state index in [0.717, 1.165) is 16.9 Å².